The second-order valence-corrected chi connectivity index (χ2v) is 5.88. The Balaban J connectivity index is 1.69. The number of benzene rings is 1. The minimum Gasteiger partial charge on any atom is -0.353 e. The van der Waals surface area contributed by atoms with Gasteiger partial charge in [-0.15, -0.1) is 0 Å². The minimum absolute atomic E-state index is 0.0915. The van der Waals surface area contributed by atoms with Gasteiger partial charge < -0.3 is 10.6 Å². The standard InChI is InChI=1S/C16H24N2O/c1-11(2)18-16(19)10-17-15-8-14(9-15)13-6-4-12(3)5-7-13/h4-7,11,14-15,17H,8-10H2,1-3H3,(H,18,19). The summed E-state index contributed by atoms with van der Waals surface area (Å²) in [6, 6.07) is 9.50. The second kappa shape index (κ2) is 6.20. The molecule has 0 aromatic heterocycles. The van der Waals surface area contributed by atoms with E-state index < -0.39 is 0 Å². The van der Waals surface area contributed by atoms with Crippen LogP contribution in [0.15, 0.2) is 24.3 Å². The minimum atomic E-state index is 0.0915. The molecule has 2 N–H and O–H groups in total. The summed E-state index contributed by atoms with van der Waals surface area (Å²) in [7, 11) is 0. The molecular formula is C16H24N2O. The van der Waals surface area contributed by atoms with Gasteiger partial charge >= 0.3 is 0 Å². The number of hydrogen-bond donors (Lipinski definition) is 2. The first-order chi connectivity index (χ1) is 9.04. The molecule has 1 amide bonds. The van der Waals surface area contributed by atoms with Crippen LogP contribution in [0.5, 0.6) is 0 Å². The van der Waals surface area contributed by atoms with Crippen molar-refractivity contribution in [3.05, 3.63) is 35.4 Å². The maximum atomic E-state index is 11.5. The fourth-order valence-corrected chi connectivity index (χ4v) is 2.51. The highest BCUT2D eigenvalue weighted by molar-refractivity contribution is 5.78. The first-order valence-corrected chi connectivity index (χ1v) is 7.14. The summed E-state index contributed by atoms with van der Waals surface area (Å²) >= 11 is 0. The van der Waals surface area contributed by atoms with Crippen LogP contribution in [0.2, 0.25) is 0 Å². The Hall–Kier alpha value is -1.35. The Kier molecular flexibility index (Phi) is 4.59. The molecule has 1 fully saturated rings. The summed E-state index contributed by atoms with van der Waals surface area (Å²) in [6.07, 6.45) is 2.27. The van der Waals surface area contributed by atoms with Gasteiger partial charge in [-0.1, -0.05) is 29.8 Å². The van der Waals surface area contributed by atoms with Crippen LogP contribution >= 0.6 is 0 Å². The van der Waals surface area contributed by atoms with Crippen LogP contribution in [0, 0.1) is 6.92 Å². The van der Waals surface area contributed by atoms with E-state index in [4.69, 9.17) is 0 Å². The molecule has 0 radical (unpaired) electrons. The first kappa shape index (κ1) is 14.1. The molecule has 1 aliphatic carbocycles. The number of amides is 1. The van der Waals surface area contributed by atoms with Crippen molar-refractivity contribution >= 4 is 5.91 Å². The first-order valence-electron chi connectivity index (χ1n) is 7.14. The van der Waals surface area contributed by atoms with Crippen molar-refractivity contribution in [3.8, 4) is 0 Å². The topological polar surface area (TPSA) is 41.1 Å². The summed E-state index contributed by atoms with van der Waals surface area (Å²) in [5.41, 5.74) is 2.73. The number of nitrogens with one attached hydrogen (secondary N) is 2. The van der Waals surface area contributed by atoms with Crippen molar-refractivity contribution in [1.82, 2.24) is 10.6 Å². The van der Waals surface area contributed by atoms with Crippen LogP contribution in [0.4, 0.5) is 0 Å². The Bertz CT molecular complexity index is 419. The normalized spacial score (nSPS) is 22.1. The monoisotopic (exact) mass is 260 g/mol. The van der Waals surface area contributed by atoms with Gasteiger partial charge in [0.05, 0.1) is 6.54 Å². The van der Waals surface area contributed by atoms with Crippen molar-refractivity contribution in [2.45, 2.75) is 51.6 Å². The summed E-state index contributed by atoms with van der Waals surface area (Å²) in [5.74, 6) is 0.750. The van der Waals surface area contributed by atoms with Crippen LogP contribution in [-0.2, 0) is 4.79 Å². The van der Waals surface area contributed by atoms with Crippen LogP contribution in [0.3, 0.4) is 0 Å². The van der Waals surface area contributed by atoms with Crippen molar-refractivity contribution in [3.63, 3.8) is 0 Å². The SMILES string of the molecule is Cc1ccc(C2CC(NCC(=O)NC(C)C)C2)cc1. The van der Waals surface area contributed by atoms with Crippen LogP contribution in [0.1, 0.15) is 43.7 Å². The van der Waals surface area contributed by atoms with Gasteiger partial charge in [0.25, 0.3) is 0 Å². The highest BCUT2D eigenvalue weighted by Gasteiger charge is 2.30. The molecule has 0 heterocycles. The number of carbonyl (C=O) groups excluding carboxylic acids is 1. The lowest BCUT2D eigenvalue weighted by atomic mass is 9.76. The van der Waals surface area contributed by atoms with Gasteiger partial charge in [0.15, 0.2) is 0 Å². The second-order valence-electron chi connectivity index (χ2n) is 5.88. The fourth-order valence-electron chi connectivity index (χ4n) is 2.51. The lowest BCUT2D eigenvalue weighted by Gasteiger charge is -2.36. The van der Waals surface area contributed by atoms with Crippen molar-refractivity contribution in [1.29, 1.82) is 0 Å². The highest BCUT2D eigenvalue weighted by atomic mass is 16.1. The van der Waals surface area contributed by atoms with Crippen molar-refractivity contribution in [2.24, 2.45) is 0 Å². The van der Waals surface area contributed by atoms with E-state index in [2.05, 4.69) is 41.8 Å². The molecule has 0 bridgehead atoms. The largest absolute Gasteiger partial charge is 0.353 e. The molecule has 1 aromatic carbocycles. The van der Waals surface area contributed by atoms with Crippen LogP contribution in [0.25, 0.3) is 0 Å². The lowest BCUT2D eigenvalue weighted by molar-refractivity contribution is -0.121. The van der Waals surface area contributed by atoms with Gasteiger partial charge in [-0.25, -0.2) is 0 Å². The fraction of sp³-hybridized carbons (Fsp3) is 0.562. The number of carbonyl (C=O) groups is 1. The molecule has 0 spiro atoms. The zero-order valence-corrected chi connectivity index (χ0v) is 12.1. The highest BCUT2D eigenvalue weighted by Crippen LogP contribution is 2.36. The molecule has 19 heavy (non-hydrogen) atoms. The summed E-state index contributed by atoms with van der Waals surface area (Å²) < 4.78 is 0. The van der Waals surface area contributed by atoms with E-state index >= 15 is 0 Å². The maximum Gasteiger partial charge on any atom is 0.234 e. The third-order valence-electron chi connectivity index (χ3n) is 3.69. The molecule has 3 nitrogen and oxygen atoms in total. The van der Waals surface area contributed by atoms with Gasteiger partial charge in [0.1, 0.15) is 0 Å². The molecular weight excluding hydrogens is 236 g/mol. The van der Waals surface area contributed by atoms with Crippen molar-refractivity contribution in [2.75, 3.05) is 6.54 Å². The van der Waals surface area contributed by atoms with Gasteiger partial charge in [-0.05, 0) is 45.1 Å². The molecule has 1 saturated carbocycles. The third kappa shape index (κ3) is 4.06. The molecule has 0 atom stereocenters. The van der Waals surface area contributed by atoms with Gasteiger partial charge in [-0.2, -0.15) is 0 Å². The lowest BCUT2D eigenvalue weighted by Crippen LogP contribution is -2.46. The number of aryl methyl sites for hydroxylation is 1. The predicted molar refractivity (Wildman–Crippen MR) is 78.2 cm³/mol. The molecule has 0 aliphatic heterocycles. The predicted octanol–water partition coefficient (Wildman–Crippen LogP) is 2.36. The molecule has 3 heteroatoms. The molecule has 104 valence electrons. The van der Waals surface area contributed by atoms with E-state index in [1.165, 1.54) is 11.1 Å². The quantitative estimate of drug-likeness (QED) is 0.853. The Labute approximate surface area is 115 Å². The number of rotatable bonds is 5. The van der Waals surface area contributed by atoms with E-state index in [9.17, 15) is 4.79 Å². The van der Waals surface area contributed by atoms with Crippen LogP contribution in [-0.4, -0.2) is 24.5 Å². The molecule has 1 aromatic rings. The molecule has 2 rings (SSSR count). The van der Waals surface area contributed by atoms with E-state index in [0.717, 1.165) is 12.8 Å². The summed E-state index contributed by atoms with van der Waals surface area (Å²) in [4.78, 5) is 11.5. The van der Waals surface area contributed by atoms with Gasteiger partial charge in [0.2, 0.25) is 5.91 Å². The Morgan fingerprint density at radius 2 is 1.89 bits per heavy atom. The average Bonchev–Trinajstić information content (AvgIpc) is 2.28. The average molecular weight is 260 g/mol. The summed E-state index contributed by atoms with van der Waals surface area (Å²) in [5, 5.41) is 6.22. The Morgan fingerprint density at radius 3 is 2.47 bits per heavy atom. The molecule has 1 aliphatic rings. The zero-order valence-electron chi connectivity index (χ0n) is 12.1. The smallest absolute Gasteiger partial charge is 0.234 e. The molecule has 0 unspecified atom stereocenters. The van der Waals surface area contributed by atoms with Crippen molar-refractivity contribution < 1.29 is 4.79 Å². The Morgan fingerprint density at radius 1 is 1.26 bits per heavy atom. The number of hydrogen-bond acceptors (Lipinski definition) is 2. The van der Waals surface area contributed by atoms with E-state index in [0.29, 0.717) is 18.5 Å². The van der Waals surface area contributed by atoms with E-state index in [-0.39, 0.29) is 11.9 Å². The zero-order chi connectivity index (χ0) is 13.8. The van der Waals surface area contributed by atoms with Gasteiger partial charge in [0, 0.05) is 12.1 Å². The van der Waals surface area contributed by atoms with E-state index in [1.54, 1.807) is 0 Å². The summed E-state index contributed by atoms with van der Waals surface area (Å²) in [6.45, 7) is 6.51. The van der Waals surface area contributed by atoms with Crippen LogP contribution < -0.4 is 10.6 Å². The van der Waals surface area contributed by atoms with E-state index in [1.807, 2.05) is 13.8 Å². The third-order valence-corrected chi connectivity index (χ3v) is 3.69. The maximum absolute atomic E-state index is 11.5. The van der Waals surface area contributed by atoms with Gasteiger partial charge in [-0.3, -0.25) is 4.79 Å². The molecule has 0 saturated heterocycles.